The van der Waals surface area contributed by atoms with E-state index in [1.165, 1.54) is 18.8 Å². The van der Waals surface area contributed by atoms with Crippen molar-refractivity contribution in [1.82, 2.24) is 19.5 Å². The van der Waals surface area contributed by atoms with Gasteiger partial charge in [0, 0.05) is 45.3 Å². The molecule has 0 aliphatic carbocycles. The van der Waals surface area contributed by atoms with Gasteiger partial charge in [-0.1, -0.05) is 41.4 Å². The molecular formula is C29H22Cl2N4O4. The summed E-state index contributed by atoms with van der Waals surface area (Å²) < 4.78 is 18.2. The summed E-state index contributed by atoms with van der Waals surface area (Å²) in [6, 6.07) is 18.0. The maximum absolute atomic E-state index is 13.8. The van der Waals surface area contributed by atoms with Gasteiger partial charge >= 0.3 is 6.01 Å². The first-order valence-corrected chi connectivity index (χ1v) is 12.5. The fourth-order valence-electron chi connectivity index (χ4n) is 4.01. The lowest BCUT2D eigenvalue weighted by molar-refractivity contribution is 0.306. The topological polar surface area (TPSA) is 88.4 Å². The van der Waals surface area contributed by atoms with Crippen LogP contribution in [0.5, 0.6) is 17.6 Å². The molecule has 0 bridgehead atoms. The molecule has 0 saturated heterocycles. The van der Waals surface area contributed by atoms with Crippen molar-refractivity contribution < 1.29 is 14.2 Å². The van der Waals surface area contributed by atoms with Gasteiger partial charge in [0.15, 0.2) is 0 Å². The van der Waals surface area contributed by atoms with Crippen LogP contribution in [0.1, 0.15) is 5.56 Å². The van der Waals surface area contributed by atoms with E-state index < -0.39 is 0 Å². The molecule has 196 valence electrons. The van der Waals surface area contributed by atoms with Crippen molar-refractivity contribution in [1.29, 1.82) is 0 Å². The van der Waals surface area contributed by atoms with Crippen LogP contribution in [0.25, 0.3) is 27.9 Å². The van der Waals surface area contributed by atoms with Gasteiger partial charge in [-0.15, -0.1) is 0 Å². The number of pyridine rings is 2. The van der Waals surface area contributed by atoms with Crippen molar-refractivity contribution >= 4 is 23.2 Å². The van der Waals surface area contributed by atoms with E-state index in [1.807, 2.05) is 18.2 Å². The Bertz CT molecular complexity index is 1690. The Morgan fingerprint density at radius 2 is 1.74 bits per heavy atom. The minimum atomic E-state index is -0.278. The molecule has 0 N–H and O–H groups in total. The van der Waals surface area contributed by atoms with Crippen molar-refractivity contribution in [2.75, 3.05) is 14.2 Å². The van der Waals surface area contributed by atoms with E-state index in [9.17, 15) is 4.79 Å². The number of halogens is 2. The van der Waals surface area contributed by atoms with E-state index in [-0.39, 0.29) is 18.2 Å². The molecule has 8 nitrogen and oxygen atoms in total. The van der Waals surface area contributed by atoms with Crippen LogP contribution in [0.15, 0.2) is 90.2 Å². The van der Waals surface area contributed by atoms with Crippen molar-refractivity contribution in [3.05, 3.63) is 111 Å². The van der Waals surface area contributed by atoms with Gasteiger partial charge < -0.3 is 14.2 Å². The third-order valence-corrected chi connectivity index (χ3v) is 6.48. The minimum Gasteiger partial charge on any atom is -0.489 e. The molecule has 0 amide bonds. The van der Waals surface area contributed by atoms with Crippen molar-refractivity contribution in [3.63, 3.8) is 0 Å². The Kier molecular flexibility index (Phi) is 7.76. The second-order valence-electron chi connectivity index (χ2n) is 8.36. The van der Waals surface area contributed by atoms with Gasteiger partial charge in [0.1, 0.15) is 12.4 Å². The average molecular weight is 561 g/mol. The van der Waals surface area contributed by atoms with Crippen LogP contribution in [0.3, 0.4) is 0 Å². The van der Waals surface area contributed by atoms with Crippen molar-refractivity contribution in [3.8, 4) is 45.6 Å². The lowest BCUT2D eigenvalue weighted by atomic mass is 10.0. The molecule has 0 fully saturated rings. The van der Waals surface area contributed by atoms with Crippen LogP contribution in [0.2, 0.25) is 10.0 Å². The zero-order valence-electron chi connectivity index (χ0n) is 21.0. The van der Waals surface area contributed by atoms with Crippen LogP contribution in [0.4, 0.5) is 0 Å². The van der Waals surface area contributed by atoms with Gasteiger partial charge in [0.25, 0.3) is 5.56 Å². The monoisotopic (exact) mass is 560 g/mol. The van der Waals surface area contributed by atoms with E-state index in [4.69, 9.17) is 37.4 Å². The zero-order valence-corrected chi connectivity index (χ0v) is 22.5. The molecule has 5 rings (SSSR count). The second-order valence-corrected chi connectivity index (χ2v) is 9.21. The molecule has 3 aromatic heterocycles. The Morgan fingerprint density at radius 3 is 2.49 bits per heavy atom. The third kappa shape index (κ3) is 5.72. The van der Waals surface area contributed by atoms with Gasteiger partial charge in [-0.3, -0.25) is 14.3 Å². The highest BCUT2D eigenvalue weighted by atomic mass is 35.5. The molecule has 0 saturated carbocycles. The predicted molar refractivity (Wildman–Crippen MR) is 150 cm³/mol. The SMILES string of the molecule is COc1ncc(-c2cc(-c3cc(Cl)cc(OCc4ccccc4Cl)c3)c(=O)n(-c3cccnc3)c2)c(OC)n1. The normalized spacial score (nSPS) is 10.8. The number of methoxy groups -OCH3 is 2. The number of benzene rings is 2. The Morgan fingerprint density at radius 1 is 0.897 bits per heavy atom. The summed E-state index contributed by atoms with van der Waals surface area (Å²) in [7, 11) is 2.97. The van der Waals surface area contributed by atoms with E-state index in [2.05, 4.69) is 15.0 Å². The Balaban J connectivity index is 1.64. The summed E-state index contributed by atoms with van der Waals surface area (Å²) in [6.45, 7) is 0.236. The fraction of sp³-hybridized carbons (Fsp3) is 0.103. The maximum Gasteiger partial charge on any atom is 0.319 e. The number of aromatic nitrogens is 4. The van der Waals surface area contributed by atoms with E-state index in [1.54, 1.807) is 67.3 Å². The summed E-state index contributed by atoms with van der Waals surface area (Å²) in [5, 5.41) is 1.01. The largest absolute Gasteiger partial charge is 0.489 e. The van der Waals surface area contributed by atoms with Gasteiger partial charge in [-0.05, 0) is 48.0 Å². The lowest BCUT2D eigenvalue weighted by Gasteiger charge is -2.15. The highest BCUT2D eigenvalue weighted by Crippen LogP contribution is 2.33. The molecule has 5 aromatic rings. The number of hydrogen-bond acceptors (Lipinski definition) is 7. The molecule has 0 radical (unpaired) electrons. The summed E-state index contributed by atoms with van der Waals surface area (Å²) in [4.78, 5) is 26.5. The molecule has 39 heavy (non-hydrogen) atoms. The first-order valence-electron chi connectivity index (χ1n) is 11.8. The molecule has 0 aliphatic rings. The number of hydrogen-bond donors (Lipinski definition) is 0. The summed E-state index contributed by atoms with van der Waals surface area (Å²) in [5.74, 6) is 0.777. The number of rotatable bonds is 8. The Hall–Kier alpha value is -4.40. The molecule has 3 heterocycles. The highest BCUT2D eigenvalue weighted by molar-refractivity contribution is 6.31. The molecule has 10 heteroatoms. The van der Waals surface area contributed by atoms with E-state index in [0.29, 0.717) is 49.6 Å². The van der Waals surface area contributed by atoms with Crippen molar-refractivity contribution in [2.24, 2.45) is 0 Å². The maximum atomic E-state index is 13.8. The minimum absolute atomic E-state index is 0.159. The quantitative estimate of drug-likeness (QED) is 0.221. The smallest absolute Gasteiger partial charge is 0.319 e. The average Bonchev–Trinajstić information content (AvgIpc) is 2.96. The van der Waals surface area contributed by atoms with Gasteiger partial charge in [0.05, 0.1) is 31.7 Å². The Labute approximate surface area is 234 Å². The highest BCUT2D eigenvalue weighted by Gasteiger charge is 2.17. The van der Waals surface area contributed by atoms with Crippen LogP contribution in [-0.4, -0.2) is 33.7 Å². The first kappa shape index (κ1) is 26.2. The van der Waals surface area contributed by atoms with Crippen molar-refractivity contribution in [2.45, 2.75) is 6.61 Å². The molecule has 0 atom stereocenters. The molecule has 0 unspecified atom stereocenters. The third-order valence-electron chi connectivity index (χ3n) is 5.89. The first-order chi connectivity index (χ1) is 19.0. The molecule has 0 aliphatic heterocycles. The number of nitrogens with zero attached hydrogens (tertiary/aromatic N) is 4. The number of ether oxygens (including phenoxy) is 3. The molecular weight excluding hydrogens is 539 g/mol. The van der Waals surface area contributed by atoms with Crippen LogP contribution < -0.4 is 19.8 Å². The van der Waals surface area contributed by atoms with Gasteiger partial charge in [-0.2, -0.15) is 4.98 Å². The summed E-state index contributed by atoms with van der Waals surface area (Å²) in [6.07, 6.45) is 6.51. The molecule has 0 spiro atoms. The predicted octanol–water partition coefficient (Wildman–Crippen LogP) is 6.26. The van der Waals surface area contributed by atoms with Crippen LogP contribution >= 0.6 is 23.2 Å². The fourth-order valence-corrected chi connectivity index (χ4v) is 4.42. The van der Waals surface area contributed by atoms with Crippen LogP contribution in [0, 0.1) is 0 Å². The second kappa shape index (κ2) is 11.6. The van der Waals surface area contributed by atoms with Gasteiger partial charge in [-0.25, -0.2) is 4.98 Å². The standard InChI is InChI=1S/C29H22Cl2N4O4/c1-37-27-25(15-33-29(34-27)38-2)20-12-24(28(36)35(16-20)22-7-5-9-32-14-22)19-10-21(30)13-23(11-19)39-17-18-6-3-4-8-26(18)31/h3-16H,17H2,1-2H3. The van der Waals surface area contributed by atoms with E-state index in [0.717, 1.165) is 5.56 Å². The lowest BCUT2D eigenvalue weighted by Crippen LogP contribution is -2.20. The summed E-state index contributed by atoms with van der Waals surface area (Å²) >= 11 is 12.8. The van der Waals surface area contributed by atoms with Crippen LogP contribution in [-0.2, 0) is 6.61 Å². The zero-order chi connectivity index (χ0) is 27.4. The van der Waals surface area contributed by atoms with Gasteiger partial charge in [0.2, 0.25) is 5.88 Å². The summed E-state index contributed by atoms with van der Waals surface area (Å²) in [5.41, 5.74) is 3.26. The van der Waals surface area contributed by atoms with E-state index >= 15 is 0 Å². The molecule has 2 aromatic carbocycles.